The predicted molar refractivity (Wildman–Crippen MR) is 87.6 cm³/mol. The molecule has 0 atom stereocenters. The number of hydrogen-bond donors (Lipinski definition) is 2. The highest BCUT2D eigenvalue weighted by molar-refractivity contribution is 7.10. The fourth-order valence-electron chi connectivity index (χ4n) is 1.74. The summed E-state index contributed by atoms with van der Waals surface area (Å²) in [6.45, 7) is 5.77. The van der Waals surface area contributed by atoms with E-state index >= 15 is 0 Å². The summed E-state index contributed by atoms with van der Waals surface area (Å²) in [5.74, 6) is 0.809. The van der Waals surface area contributed by atoms with Gasteiger partial charge >= 0.3 is 0 Å². The number of aryl methyl sites for hydroxylation is 2. The van der Waals surface area contributed by atoms with E-state index in [0.717, 1.165) is 24.6 Å². The molecular formula is C14H20N4S2. The first-order valence-electron chi connectivity index (χ1n) is 6.63. The summed E-state index contributed by atoms with van der Waals surface area (Å²) in [5.41, 5.74) is 2.40. The highest BCUT2D eigenvalue weighted by Crippen LogP contribution is 2.14. The van der Waals surface area contributed by atoms with E-state index in [0.29, 0.717) is 6.54 Å². The van der Waals surface area contributed by atoms with Crippen molar-refractivity contribution >= 4 is 28.6 Å². The highest BCUT2D eigenvalue weighted by Gasteiger charge is 2.04. The lowest BCUT2D eigenvalue weighted by atomic mass is 10.3. The number of thiophene rings is 1. The van der Waals surface area contributed by atoms with Gasteiger partial charge in [-0.3, -0.25) is 4.99 Å². The zero-order chi connectivity index (χ0) is 14.4. The second-order valence-corrected chi connectivity index (χ2v) is 6.34. The minimum Gasteiger partial charge on any atom is -0.352 e. The van der Waals surface area contributed by atoms with E-state index < -0.39 is 0 Å². The largest absolute Gasteiger partial charge is 0.352 e. The van der Waals surface area contributed by atoms with Gasteiger partial charge in [-0.25, -0.2) is 4.98 Å². The Morgan fingerprint density at radius 3 is 2.70 bits per heavy atom. The summed E-state index contributed by atoms with van der Waals surface area (Å²) in [5, 5.41) is 12.0. The van der Waals surface area contributed by atoms with Crippen molar-refractivity contribution in [2.75, 3.05) is 7.05 Å². The number of aliphatic imine (C=N–C) groups is 1. The van der Waals surface area contributed by atoms with Crippen LogP contribution in [0, 0.1) is 6.92 Å². The molecule has 0 fully saturated rings. The molecule has 0 spiro atoms. The zero-order valence-corrected chi connectivity index (χ0v) is 13.7. The Bertz CT molecular complexity index is 571. The molecule has 0 bridgehead atoms. The van der Waals surface area contributed by atoms with Crippen LogP contribution in [-0.2, 0) is 19.5 Å². The molecule has 2 rings (SSSR count). The highest BCUT2D eigenvalue weighted by atomic mass is 32.1. The third kappa shape index (κ3) is 4.05. The van der Waals surface area contributed by atoms with Crippen molar-refractivity contribution in [2.24, 2.45) is 4.99 Å². The van der Waals surface area contributed by atoms with Crippen molar-refractivity contribution in [3.63, 3.8) is 0 Å². The number of nitrogens with zero attached hydrogens (tertiary/aromatic N) is 2. The van der Waals surface area contributed by atoms with Crippen LogP contribution in [0.2, 0.25) is 0 Å². The Hall–Kier alpha value is -1.40. The Morgan fingerprint density at radius 1 is 1.30 bits per heavy atom. The Balaban J connectivity index is 1.82. The number of nitrogens with one attached hydrogen (secondary N) is 2. The molecule has 2 heterocycles. The lowest BCUT2D eigenvalue weighted by Gasteiger charge is -2.10. The smallest absolute Gasteiger partial charge is 0.191 e. The van der Waals surface area contributed by atoms with Gasteiger partial charge in [-0.2, -0.15) is 0 Å². The van der Waals surface area contributed by atoms with Crippen LogP contribution < -0.4 is 10.6 Å². The Morgan fingerprint density at radius 2 is 2.10 bits per heavy atom. The quantitative estimate of drug-likeness (QED) is 0.659. The molecule has 0 saturated heterocycles. The fourth-order valence-corrected chi connectivity index (χ4v) is 3.33. The third-order valence-corrected chi connectivity index (χ3v) is 5.01. The lowest BCUT2D eigenvalue weighted by Crippen LogP contribution is -2.36. The van der Waals surface area contributed by atoms with Crippen molar-refractivity contribution in [3.8, 4) is 0 Å². The molecule has 4 nitrogen and oxygen atoms in total. The van der Waals surface area contributed by atoms with E-state index in [4.69, 9.17) is 0 Å². The van der Waals surface area contributed by atoms with E-state index in [1.165, 1.54) is 15.4 Å². The van der Waals surface area contributed by atoms with Gasteiger partial charge in [0.1, 0.15) is 0 Å². The second kappa shape index (κ2) is 7.40. The molecule has 0 unspecified atom stereocenters. The van der Waals surface area contributed by atoms with Crippen LogP contribution in [0.1, 0.15) is 28.1 Å². The molecular weight excluding hydrogens is 288 g/mol. The second-order valence-electron chi connectivity index (χ2n) is 4.39. The van der Waals surface area contributed by atoms with Crippen molar-refractivity contribution in [3.05, 3.63) is 38.0 Å². The van der Waals surface area contributed by atoms with Gasteiger partial charge < -0.3 is 10.6 Å². The normalized spacial score (nSPS) is 11.7. The maximum Gasteiger partial charge on any atom is 0.191 e. The summed E-state index contributed by atoms with van der Waals surface area (Å²) in [6.07, 6.45) is 0.995. The number of hydrogen-bond acceptors (Lipinski definition) is 4. The van der Waals surface area contributed by atoms with E-state index in [2.05, 4.69) is 51.3 Å². The van der Waals surface area contributed by atoms with Crippen LogP contribution in [0.5, 0.6) is 0 Å². The molecule has 2 aromatic rings. The van der Waals surface area contributed by atoms with Gasteiger partial charge in [-0.05, 0) is 30.4 Å². The predicted octanol–water partition coefficient (Wildman–Crippen LogP) is 2.94. The van der Waals surface area contributed by atoms with Gasteiger partial charge in [-0.15, -0.1) is 22.7 Å². The molecule has 0 radical (unpaired) electrons. The molecule has 6 heteroatoms. The SMILES string of the molecule is CCc1nc(CNC(=NC)NCc2sccc2C)cs1. The van der Waals surface area contributed by atoms with Gasteiger partial charge in [0.05, 0.1) is 23.8 Å². The molecule has 0 aliphatic carbocycles. The van der Waals surface area contributed by atoms with Gasteiger partial charge in [-0.1, -0.05) is 6.92 Å². The number of rotatable bonds is 5. The minimum atomic E-state index is 0.708. The average molecular weight is 308 g/mol. The molecule has 0 amide bonds. The van der Waals surface area contributed by atoms with Crippen molar-refractivity contribution in [2.45, 2.75) is 33.4 Å². The number of guanidine groups is 1. The topological polar surface area (TPSA) is 49.3 Å². The Kier molecular flexibility index (Phi) is 5.55. The summed E-state index contributed by atoms with van der Waals surface area (Å²) in [6, 6.07) is 2.14. The van der Waals surface area contributed by atoms with E-state index in [1.807, 2.05) is 0 Å². The molecule has 2 N–H and O–H groups in total. The minimum absolute atomic E-state index is 0.708. The molecule has 0 aliphatic heterocycles. The van der Waals surface area contributed by atoms with Crippen molar-refractivity contribution < 1.29 is 0 Å². The number of aromatic nitrogens is 1. The molecule has 0 saturated carbocycles. The zero-order valence-electron chi connectivity index (χ0n) is 12.1. The first-order valence-corrected chi connectivity index (χ1v) is 8.39. The van der Waals surface area contributed by atoms with Crippen LogP contribution in [0.4, 0.5) is 0 Å². The van der Waals surface area contributed by atoms with Crippen molar-refractivity contribution in [1.29, 1.82) is 0 Å². The maximum absolute atomic E-state index is 4.53. The van der Waals surface area contributed by atoms with Crippen molar-refractivity contribution in [1.82, 2.24) is 15.6 Å². The summed E-state index contributed by atoms with van der Waals surface area (Å²) in [7, 11) is 1.79. The lowest BCUT2D eigenvalue weighted by molar-refractivity contribution is 0.798. The summed E-state index contributed by atoms with van der Waals surface area (Å²) < 4.78 is 0. The maximum atomic E-state index is 4.53. The van der Waals surface area contributed by atoms with E-state index in [1.54, 1.807) is 29.7 Å². The first-order chi connectivity index (χ1) is 9.72. The van der Waals surface area contributed by atoms with Crippen LogP contribution in [0.3, 0.4) is 0 Å². The molecule has 20 heavy (non-hydrogen) atoms. The van der Waals surface area contributed by atoms with Gasteiger partial charge in [0.15, 0.2) is 5.96 Å². The third-order valence-electron chi connectivity index (χ3n) is 2.95. The molecule has 0 aliphatic rings. The molecule has 108 valence electrons. The van der Waals surface area contributed by atoms with Crippen LogP contribution in [-0.4, -0.2) is 18.0 Å². The average Bonchev–Trinajstić information content (AvgIpc) is 3.08. The van der Waals surface area contributed by atoms with E-state index in [-0.39, 0.29) is 0 Å². The first kappa shape index (κ1) is 15.0. The van der Waals surface area contributed by atoms with Crippen LogP contribution in [0.15, 0.2) is 21.8 Å². The summed E-state index contributed by atoms with van der Waals surface area (Å²) in [4.78, 5) is 10.1. The number of thiazole rings is 1. The van der Waals surface area contributed by atoms with Crippen LogP contribution >= 0.6 is 22.7 Å². The summed E-state index contributed by atoms with van der Waals surface area (Å²) >= 11 is 3.48. The fraction of sp³-hybridized carbons (Fsp3) is 0.429. The molecule has 2 aromatic heterocycles. The van der Waals surface area contributed by atoms with Gasteiger partial charge in [0.2, 0.25) is 0 Å². The monoisotopic (exact) mass is 308 g/mol. The standard InChI is InChI=1S/C14H20N4S2/c1-4-13-18-11(9-20-13)7-16-14(15-3)17-8-12-10(2)5-6-19-12/h5-6,9H,4,7-8H2,1-3H3,(H2,15,16,17). The van der Waals surface area contributed by atoms with Gasteiger partial charge in [0, 0.05) is 17.3 Å². The molecule has 0 aromatic carbocycles. The Labute approximate surface area is 128 Å². The van der Waals surface area contributed by atoms with Crippen LogP contribution in [0.25, 0.3) is 0 Å². The van der Waals surface area contributed by atoms with E-state index in [9.17, 15) is 0 Å². The van der Waals surface area contributed by atoms with Gasteiger partial charge in [0.25, 0.3) is 0 Å².